The second kappa shape index (κ2) is 9.41. The van der Waals surface area contributed by atoms with Crippen LogP contribution in [-0.2, 0) is 16.0 Å². The van der Waals surface area contributed by atoms with Crippen molar-refractivity contribution in [3.05, 3.63) is 53.0 Å². The zero-order chi connectivity index (χ0) is 21.7. The van der Waals surface area contributed by atoms with Crippen LogP contribution in [0.2, 0.25) is 0 Å². The van der Waals surface area contributed by atoms with E-state index >= 15 is 0 Å². The third-order valence-electron chi connectivity index (χ3n) is 4.28. The van der Waals surface area contributed by atoms with Crippen LogP contribution in [0.3, 0.4) is 0 Å². The Bertz CT molecular complexity index is 1080. The van der Waals surface area contributed by atoms with Gasteiger partial charge < -0.3 is 20.1 Å². The Morgan fingerprint density at radius 1 is 1.00 bits per heavy atom. The van der Waals surface area contributed by atoms with E-state index in [0.29, 0.717) is 28.6 Å². The summed E-state index contributed by atoms with van der Waals surface area (Å²) in [6.07, 6.45) is 0.122. The number of amides is 2. The highest BCUT2D eigenvalue weighted by Crippen LogP contribution is 2.33. The second-order valence-corrected chi connectivity index (χ2v) is 7.53. The van der Waals surface area contributed by atoms with Crippen LogP contribution in [-0.4, -0.2) is 31.0 Å². The molecule has 0 bridgehead atoms. The molecule has 2 amide bonds. The Hall–Kier alpha value is -3.39. The van der Waals surface area contributed by atoms with Crippen molar-refractivity contribution in [3.8, 4) is 22.1 Å². The van der Waals surface area contributed by atoms with Gasteiger partial charge in [0.25, 0.3) is 0 Å². The summed E-state index contributed by atoms with van der Waals surface area (Å²) in [5, 5.41) is 8.23. The van der Waals surface area contributed by atoms with E-state index in [1.165, 1.54) is 18.3 Å². The molecule has 0 saturated heterocycles. The van der Waals surface area contributed by atoms with Gasteiger partial charge in [-0.15, -0.1) is 11.3 Å². The third kappa shape index (κ3) is 5.15. The average Bonchev–Trinajstić information content (AvgIpc) is 3.17. The molecule has 0 unspecified atom stereocenters. The lowest BCUT2D eigenvalue weighted by Crippen LogP contribution is -2.17. The first kappa shape index (κ1) is 21.3. The van der Waals surface area contributed by atoms with Gasteiger partial charge in [-0.3, -0.25) is 9.59 Å². The van der Waals surface area contributed by atoms with E-state index in [1.807, 2.05) is 42.6 Å². The van der Waals surface area contributed by atoms with Crippen molar-refractivity contribution in [2.75, 3.05) is 24.9 Å². The number of rotatable bonds is 7. The summed E-state index contributed by atoms with van der Waals surface area (Å²) in [6, 6.07) is 11.0. The molecule has 0 atom stereocenters. The summed E-state index contributed by atoms with van der Waals surface area (Å²) >= 11 is 1.45. The van der Waals surface area contributed by atoms with Crippen molar-refractivity contribution in [2.45, 2.75) is 20.3 Å². The number of carbonyl (C=O) groups is 2. The van der Waals surface area contributed by atoms with E-state index < -0.39 is 0 Å². The molecule has 30 heavy (non-hydrogen) atoms. The summed E-state index contributed by atoms with van der Waals surface area (Å²) in [7, 11) is 3.17. The van der Waals surface area contributed by atoms with Gasteiger partial charge in [0, 0.05) is 17.9 Å². The van der Waals surface area contributed by atoms with Crippen LogP contribution in [0, 0.1) is 6.92 Å². The smallest absolute Gasteiger partial charge is 0.230 e. The number of aryl methyl sites for hydroxylation is 1. The van der Waals surface area contributed by atoms with E-state index in [9.17, 15) is 9.59 Å². The van der Waals surface area contributed by atoms with Crippen LogP contribution in [0.5, 0.6) is 11.5 Å². The highest BCUT2D eigenvalue weighted by Gasteiger charge is 2.13. The van der Waals surface area contributed by atoms with Crippen molar-refractivity contribution < 1.29 is 19.1 Å². The Morgan fingerprint density at radius 2 is 1.77 bits per heavy atom. The number of aromatic nitrogens is 1. The summed E-state index contributed by atoms with van der Waals surface area (Å²) in [5.41, 5.74) is 3.65. The monoisotopic (exact) mass is 425 g/mol. The summed E-state index contributed by atoms with van der Waals surface area (Å²) in [6.45, 7) is 3.35. The Labute approximate surface area is 179 Å². The molecular weight excluding hydrogens is 402 g/mol. The third-order valence-corrected chi connectivity index (χ3v) is 5.22. The van der Waals surface area contributed by atoms with E-state index in [0.717, 1.165) is 16.1 Å². The molecule has 0 aliphatic heterocycles. The number of carbonyl (C=O) groups excluding carboxylic acids is 2. The van der Waals surface area contributed by atoms with E-state index in [-0.39, 0.29) is 18.2 Å². The van der Waals surface area contributed by atoms with Gasteiger partial charge in [0.1, 0.15) is 5.01 Å². The maximum Gasteiger partial charge on any atom is 0.230 e. The van der Waals surface area contributed by atoms with Crippen LogP contribution in [0.4, 0.5) is 11.4 Å². The van der Waals surface area contributed by atoms with Crippen LogP contribution in [0.1, 0.15) is 18.2 Å². The maximum atomic E-state index is 12.6. The number of nitrogens with zero attached hydrogens (tertiary/aromatic N) is 1. The van der Waals surface area contributed by atoms with Gasteiger partial charge in [-0.2, -0.15) is 0 Å². The number of thiazole rings is 1. The lowest BCUT2D eigenvalue weighted by molar-refractivity contribution is -0.116. The lowest BCUT2D eigenvalue weighted by atomic mass is 10.1. The number of benzene rings is 2. The van der Waals surface area contributed by atoms with Gasteiger partial charge in [-0.1, -0.05) is 6.07 Å². The molecule has 2 N–H and O–H groups in total. The van der Waals surface area contributed by atoms with Crippen molar-refractivity contribution >= 4 is 34.5 Å². The van der Waals surface area contributed by atoms with Gasteiger partial charge in [-0.05, 0) is 42.8 Å². The number of methoxy groups -OCH3 is 2. The topological polar surface area (TPSA) is 89.5 Å². The Balaban J connectivity index is 1.73. The molecule has 0 aliphatic carbocycles. The summed E-state index contributed by atoms with van der Waals surface area (Å²) < 4.78 is 10.6. The average molecular weight is 426 g/mol. The molecule has 156 valence electrons. The molecular formula is C22H23N3O4S. The first-order valence-corrected chi connectivity index (χ1v) is 10.1. The predicted molar refractivity (Wildman–Crippen MR) is 118 cm³/mol. The lowest BCUT2D eigenvalue weighted by Gasteiger charge is -2.12. The highest BCUT2D eigenvalue weighted by molar-refractivity contribution is 7.13. The zero-order valence-corrected chi connectivity index (χ0v) is 18.1. The predicted octanol–water partition coefficient (Wildman–Crippen LogP) is 4.28. The van der Waals surface area contributed by atoms with E-state index in [2.05, 4.69) is 15.6 Å². The summed E-state index contributed by atoms with van der Waals surface area (Å²) in [4.78, 5) is 28.5. The van der Waals surface area contributed by atoms with Gasteiger partial charge in [0.2, 0.25) is 11.8 Å². The minimum absolute atomic E-state index is 0.122. The van der Waals surface area contributed by atoms with E-state index in [1.54, 1.807) is 20.3 Å². The molecule has 3 rings (SSSR count). The minimum atomic E-state index is -0.212. The molecule has 0 radical (unpaired) electrons. The largest absolute Gasteiger partial charge is 0.493 e. The summed E-state index contributed by atoms with van der Waals surface area (Å²) in [5.74, 6) is 0.852. The van der Waals surface area contributed by atoms with Crippen molar-refractivity contribution in [1.82, 2.24) is 4.98 Å². The van der Waals surface area contributed by atoms with Gasteiger partial charge in [0.15, 0.2) is 11.5 Å². The quantitative estimate of drug-likeness (QED) is 0.590. The van der Waals surface area contributed by atoms with Crippen molar-refractivity contribution in [2.24, 2.45) is 0 Å². The Kier molecular flexibility index (Phi) is 6.68. The van der Waals surface area contributed by atoms with Gasteiger partial charge >= 0.3 is 0 Å². The Morgan fingerprint density at radius 3 is 2.47 bits per heavy atom. The van der Waals surface area contributed by atoms with Crippen LogP contribution in [0.25, 0.3) is 10.6 Å². The maximum absolute atomic E-state index is 12.6. The van der Waals surface area contributed by atoms with Gasteiger partial charge in [-0.25, -0.2) is 4.98 Å². The molecule has 0 saturated carbocycles. The van der Waals surface area contributed by atoms with Crippen molar-refractivity contribution in [3.63, 3.8) is 0 Å². The molecule has 1 aromatic heterocycles. The zero-order valence-electron chi connectivity index (χ0n) is 17.2. The van der Waals surface area contributed by atoms with Crippen molar-refractivity contribution in [1.29, 1.82) is 0 Å². The minimum Gasteiger partial charge on any atom is -0.493 e. The normalized spacial score (nSPS) is 10.4. The number of ether oxygens (including phenoxy) is 2. The molecule has 8 heteroatoms. The van der Waals surface area contributed by atoms with Crippen LogP contribution < -0.4 is 20.1 Å². The molecule has 0 spiro atoms. The molecule has 7 nitrogen and oxygen atoms in total. The van der Waals surface area contributed by atoms with Gasteiger partial charge in [0.05, 0.1) is 37.7 Å². The number of hydrogen-bond donors (Lipinski definition) is 2. The van der Waals surface area contributed by atoms with E-state index in [4.69, 9.17) is 9.47 Å². The molecule has 0 aliphatic rings. The van der Waals surface area contributed by atoms with Crippen LogP contribution in [0.15, 0.2) is 41.8 Å². The standard InChI is InChI=1S/C22H23N3O4S/c1-13-5-7-17(23-14(2)26)18(9-13)25-21(27)11-16-12-30-22(24-16)15-6-8-19(28-3)20(10-15)29-4/h5-10,12H,11H2,1-4H3,(H,23,26)(H,25,27). The fourth-order valence-corrected chi connectivity index (χ4v) is 3.73. The van der Waals surface area contributed by atoms with Crippen LogP contribution >= 0.6 is 11.3 Å². The number of nitrogens with one attached hydrogen (secondary N) is 2. The molecule has 1 heterocycles. The number of hydrogen-bond acceptors (Lipinski definition) is 6. The fraction of sp³-hybridized carbons (Fsp3) is 0.227. The molecule has 2 aromatic carbocycles. The molecule has 3 aromatic rings. The first-order chi connectivity index (χ1) is 14.4. The SMILES string of the molecule is COc1ccc(-c2nc(CC(=O)Nc3cc(C)ccc3NC(C)=O)cs2)cc1OC. The fourth-order valence-electron chi connectivity index (χ4n) is 2.91. The first-order valence-electron chi connectivity index (χ1n) is 9.24. The number of anilines is 2. The second-order valence-electron chi connectivity index (χ2n) is 6.67. The highest BCUT2D eigenvalue weighted by atomic mass is 32.1. The molecule has 0 fully saturated rings.